The van der Waals surface area contributed by atoms with E-state index in [0.29, 0.717) is 41.0 Å². The van der Waals surface area contributed by atoms with Crippen molar-refractivity contribution in [2.45, 2.75) is 46.5 Å². The second-order valence-electron chi connectivity index (χ2n) is 9.44. The van der Waals surface area contributed by atoms with E-state index in [2.05, 4.69) is 5.32 Å². The normalized spacial score (nSPS) is 13.1. The summed E-state index contributed by atoms with van der Waals surface area (Å²) in [6, 6.07) is 8.16. The molecule has 0 saturated carbocycles. The predicted octanol–water partition coefficient (Wildman–Crippen LogP) is 3.65. The fourth-order valence-electron chi connectivity index (χ4n) is 4.83. The molecule has 208 valence electrons. The summed E-state index contributed by atoms with van der Waals surface area (Å²) in [5, 5.41) is 2.50. The van der Waals surface area contributed by atoms with Crippen molar-refractivity contribution in [2.75, 3.05) is 20.3 Å². The molecule has 2 amide bonds. The number of hydrogen-bond donors (Lipinski definition) is 2. The fourth-order valence-corrected chi connectivity index (χ4v) is 4.83. The highest BCUT2D eigenvalue weighted by molar-refractivity contribution is 5.71. The summed E-state index contributed by atoms with van der Waals surface area (Å²) in [5.41, 5.74) is 10.8. The van der Waals surface area contributed by atoms with Crippen LogP contribution in [-0.4, -0.2) is 41.6 Å². The van der Waals surface area contributed by atoms with Crippen LogP contribution in [0.15, 0.2) is 40.1 Å². The van der Waals surface area contributed by atoms with Crippen molar-refractivity contribution in [2.24, 2.45) is 10.7 Å². The van der Waals surface area contributed by atoms with Crippen LogP contribution in [0.1, 0.15) is 22.3 Å². The number of hydrogen-bond acceptors (Lipinski definition) is 5. The number of ether oxygens (including phenoxy) is 2. The third-order valence-electron chi connectivity index (χ3n) is 6.45. The molecule has 0 spiro atoms. The number of aryl methyl sites for hydroxylation is 4. The van der Waals surface area contributed by atoms with Crippen LogP contribution >= 0.6 is 0 Å². The van der Waals surface area contributed by atoms with Crippen LogP contribution in [0.2, 0.25) is 0 Å². The van der Waals surface area contributed by atoms with E-state index >= 15 is 0 Å². The largest absolute Gasteiger partial charge is 0.493 e. The zero-order chi connectivity index (χ0) is 28.5. The quantitative estimate of drug-likeness (QED) is 0.472. The minimum atomic E-state index is -4.50. The first-order valence-electron chi connectivity index (χ1n) is 12.3. The molecule has 0 bridgehead atoms. The van der Waals surface area contributed by atoms with Crippen molar-refractivity contribution >= 4 is 11.7 Å². The van der Waals surface area contributed by atoms with Gasteiger partial charge in [-0.25, -0.2) is 14.6 Å². The Labute approximate surface area is 222 Å². The highest BCUT2D eigenvalue weighted by Gasteiger charge is 2.30. The average molecular weight is 546 g/mol. The van der Waals surface area contributed by atoms with Crippen molar-refractivity contribution in [1.29, 1.82) is 0 Å². The van der Waals surface area contributed by atoms with Crippen LogP contribution in [0.5, 0.6) is 11.5 Å². The molecule has 0 aliphatic carbocycles. The molecule has 12 heteroatoms. The van der Waals surface area contributed by atoms with Gasteiger partial charge in [-0.2, -0.15) is 13.2 Å². The van der Waals surface area contributed by atoms with Crippen LogP contribution in [-0.2, 0) is 19.5 Å². The van der Waals surface area contributed by atoms with E-state index in [1.54, 1.807) is 16.7 Å². The van der Waals surface area contributed by atoms with E-state index in [-0.39, 0.29) is 30.3 Å². The average Bonchev–Trinajstić information content (AvgIpc) is 2.85. The summed E-state index contributed by atoms with van der Waals surface area (Å²) in [6.45, 7) is 4.95. The first-order chi connectivity index (χ1) is 18.4. The first kappa shape index (κ1) is 27.8. The molecule has 0 atom stereocenters. The number of urea groups is 1. The standard InChI is InChI=1S/C27H30F3N5O4/c1-15-9-16(2)24(17(3)10-15)33-23-13-20-19-12-21(38-4)22(39-14-27(28,29)30)11-18(19)5-7-34(20)26(37)35(23)8-6-32-25(31)36/h9-13H,5-8,14H2,1-4H3,(H3,31,32,36). The number of rotatable bonds is 7. The Morgan fingerprint density at radius 1 is 1.10 bits per heavy atom. The van der Waals surface area contributed by atoms with Gasteiger partial charge in [0.2, 0.25) is 0 Å². The monoisotopic (exact) mass is 545 g/mol. The molecule has 0 unspecified atom stereocenters. The summed E-state index contributed by atoms with van der Waals surface area (Å²) in [5.74, 6) is 0.0914. The lowest BCUT2D eigenvalue weighted by Crippen LogP contribution is -2.44. The van der Waals surface area contributed by atoms with Gasteiger partial charge in [0.1, 0.15) is 5.49 Å². The molecule has 1 aliphatic heterocycles. The molecule has 1 aliphatic rings. The number of carbonyl (C=O) groups is 1. The Morgan fingerprint density at radius 3 is 2.41 bits per heavy atom. The third kappa shape index (κ3) is 6.10. The smallest absolute Gasteiger partial charge is 0.422 e. The molecule has 1 aromatic heterocycles. The summed E-state index contributed by atoms with van der Waals surface area (Å²) in [6.07, 6.45) is -4.11. The maximum absolute atomic E-state index is 13.7. The Hall–Kier alpha value is -4.22. The zero-order valence-electron chi connectivity index (χ0n) is 22.1. The molecule has 0 fully saturated rings. The van der Waals surface area contributed by atoms with E-state index in [9.17, 15) is 22.8 Å². The number of amides is 2. The van der Waals surface area contributed by atoms with E-state index in [4.69, 9.17) is 20.2 Å². The topological polar surface area (TPSA) is 113 Å². The highest BCUT2D eigenvalue weighted by Crippen LogP contribution is 2.38. The number of nitrogens with two attached hydrogens (primary N) is 1. The van der Waals surface area contributed by atoms with Crippen LogP contribution < -0.4 is 31.7 Å². The number of nitrogens with one attached hydrogen (secondary N) is 1. The van der Waals surface area contributed by atoms with Gasteiger partial charge in [-0.15, -0.1) is 0 Å². The van der Waals surface area contributed by atoms with Crippen molar-refractivity contribution in [3.63, 3.8) is 0 Å². The molecule has 39 heavy (non-hydrogen) atoms. The lowest BCUT2D eigenvalue weighted by atomic mass is 9.97. The summed E-state index contributed by atoms with van der Waals surface area (Å²) >= 11 is 0. The Balaban J connectivity index is 1.91. The number of nitrogens with zero attached hydrogens (tertiary/aromatic N) is 3. The van der Waals surface area contributed by atoms with Crippen molar-refractivity contribution in [3.05, 3.63) is 68.6 Å². The second kappa shape index (κ2) is 10.9. The number of fused-ring (bicyclic) bond motifs is 3. The lowest BCUT2D eigenvalue weighted by molar-refractivity contribution is -0.153. The van der Waals surface area contributed by atoms with Crippen molar-refractivity contribution in [3.8, 4) is 22.8 Å². The van der Waals surface area contributed by atoms with E-state index in [1.807, 2.05) is 32.9 Å². The lowest BCUT2D eigenvalue weighted by Gasteiger charge is -2.25. The molecule has 3 N–H and O–H groups in total. The molecular formula is C27H30F3N5O4. The van der Waals surface area contributed by atoms with Crippen LogP contribution in [0.25, 0.3) is 11.3 Å². The van der Waals surface area contributed by atoms with Gasteiger partial charge in [0.05, 0.1) is 18.5 Å². The van der Waals surface area contributed by atoms with Crippen molar-refractivity contribution < 1.29 is 27.4 Å². The van der Waals surface area contributed by atoms with Crippen LogP contribution in [0, 0.1) is 20.8 Å². The van der Waals surface area contributed by atoms with Gasteiger partial charge in [-0.05, 0) is 56.0 Å². The molecule has 2 aromatic carbocycles. The summed E-state index contributed by atoms with van der Waals surface area (Å²) in [4.78, 5) is 29.8. The molecular weight excluding hydrogens is 515 g/mol. The Morgan fingerprint density at radius 2 is 1.79 bits per heavy atom. The van der Waals surface area contributed by atoms with Crippen LogP contribution in [0.3, 0.4) is 0 Å². The van der Waals surface area contributed by atoms with E-state index in [1.165, 1.54) is 17.7 Å². The number of aromatic nitrogens is 2. The maximum atomic E-state index is 13.7. The summed E-state index contributed by atoms with van der Waals surface area (Å²) < 4.78 is 51.7. The van der Waals surface area contributed by atoms with Crippen molar-refractivity contribution in [1.82, 2.24) is 14.5 Å². The maximum Gasteiger partial charge on any atom is 0.422 e. The van der Waals surface area contributed by atoms with Gasteiger partial charge in [0.25, 0.3) is 0 Å². The molecule has 4 rings (SSSR count). The van der Waals surface area contributed by atoms with E-state index < -0.39 is 18.8 Å². The van der Waals surface area contributed by atoms with E-state index in [0.717, 1.165) is 16.7 Å². The number of primary amides is 1. The predicted molar refractivity (Wildman–Crippen MR) is 139 cm³/mol. The first-order valence-corrected chi connectivity index (χ1v) is 12.3. The SMILES string of the molecule is COc1cc2c(cc1OCC(F)(F)F)CCn1c-2cc(=Nc2c(C)cc(C)cc2C)n(CCNC(N)=O)c1=O. The van der Waals surface area contributed by atoms with Gasteiger partial charge < -0.3 is 20.5 Å². The number of halogens is 3. The van der Waals surface area contributed by atoms with Gasteiger partial charge in [0, 0.05) is 31.3 Å². The zero-order valence-corrected chi connectivity index (χ0v) is 22.1. The third-order valence-corrected chi connectivity index (χ3v) is 6.45. The summed E-state index contributed by atoms with van der Waals surface area (Å²) in [7, 11) is 1.34. The Kier molecular flexibility index (Phi) is 7.75. The molecule has 0 radical (unpaired) electrons. The number of carbonyl (C=O) groups excluding carboxylic acids is 1. The van der Waals surface area contributed by atoms with Gasteiger partial charge in [-0.3, -0.25) is 9.13 Å². The second-order valence-corrected chi connectivity index (χ2v) is 9.44. The minimum absolute atomic E-state index is 0.0243. The molecule has 0 saturated heterocycles. The van der Waals surface area contributed by atoms with Gasteiger partial charge in [0.15, 0.2) is 18.1 Å². The minimum Gasteiger partial charge on any atom is -0.493 e. The Bertz CT molecular complexity index is 1530. The van der Waals surface area contributed by atoms with Crippen LogP contribution in [0.4, 0.5) is 23.7 Å². The van der Waals surface area contributed by atoms with Gasteiger partial charge in [-0.1, -0.05) is 17.7 Å². The number of benzene rings is 2. The molecule has 9 nitrogen and oxygen atoms in total. The highest BCUT2D eigenvalue weighted by atomic mass is 19.4. The fraction of sp³-hybridized carbons (Fsp3) is 0.370. The number of alkyl halides is 3. The molecule has 2 heterocycles. The number of methoxy groups -OCH3 is 1. The van der Waals surface area contributed by atoms with Gasteiger partial charge >= 0.3 is 17.9 Å². The molecule has 3 aromatic rings.